The Morgan fingerprint density at radius 2 is 1.41 bits per heavy atom. The molecule has 4 heteroatoms. The summed E-state index contributed by atoms with van der Waals surface area (Å²) >= 11 is 0. The second-order valence-corrected chi connectivity index (χ2v) is 5.59. The Kier molecular flexibility index (Phi) is 8.78. The lowest BCUT2D eigenvalue weighted by molar-refractivity contribution is 0.218. The van der Waals surface area contributed by atoms with Crippen LogP contribution in [0.3, 0.4) is 0 Å². The van der Waals surface area contributed by atoms with E-state index in [0.717, 1.165) is 26.2 Å². The number of nitrogens with zero attached hydrogens (tertiary/aromatic N) is 3. The number of likely N-dealkylation sites (N-methyl/N-ethyl adjacent to an activating group) is 3. The molecule has 0 spiro atoms. The lowest BCUT2D eigenvalue weighted by Crippen LogP contribution is -2.41. The zero-order valence-electron chi connectivity index (χ0n) is 12.8. The first-order valence-electron chi connectivity index (χ1n) is 6.56. The minimum Gasteiger partial charge on any atom is -0.314 e. The molecule has 0 rings (SSSR count). The lowest BCUT2D eigenvalue weighted by Gasteiger charge is -2.26. The lowest BCUT2D eigenvalue weighted by atomic mass is 10.3. The molecule has 0 aliphatic rings. The minimum atomic E-state index is 0.598. The molecule has 0 bridgehead atoms. The van der Waals surface area contributed by atoms with Gasteiger partial charge in [-0.05, 0) is 49.1 Å². The molecule has 2 unspecified atom stereocenters. The Morgan fingerprint density at radius 3 is 1.88 bits per heavy atom. The molecule has 0 saturated heterocycles. The van der Waals surface area contributed by atoms with Crippen LogP contribution in [0.4, 0.5) is 0 Å². The third-order valence-electron chi connectivity index (χ3n) is 3.45. The first-order valence-corrected chi connectivity index (χ1v) is 6.56. The summed E-state index contributed by atoms with van der Waals surface area (Å²) in [4.78, 5) is 6.89. The molecule has 0 aromatic carbocycles. The van der Waals surface area contributed by atoms with Gasteiger partial charge in [-0.3, -0.25) is 0 Å². The maximum atomic E-state index is 3.50. The van der Waals surface area contributed by atoms with E-state index in [2.05, 4.69) is 69.1 Å². The van der Waals surface area contributed by atoms with Gasteiger partial charge in [0.05, 0.1) is 0 Å². The second-order valence-electron chi connectivity index (χ2n) is 5.59. The summed E-state index contributed by atoms with van der Waals surface area (Å²) in [6, 6.07) is 1.21. The standard InChI is InChI=1S/C13H32N4/c1-12(15(3)4)10-14-8-9-17(7)11-13(2)16(5)6/h12-14H,8-11H2,1-7H3. The predicted molar refractivity (Wildman–Crippen MR) is 76.7 cm³/mol. The normalized spacial score (nSPS) is 15.9. The van der Waals surface area contributed by atoms with E-state index in [9.17, 15) is 0 Å². The summed E-state index contributed by atoms with van der Waals surface area (Å²) in [5.41, 5.74) is 0. The monoisotopic (exact) mass is 244 g/mol. The summed E-state index contributed by atoms with van der Waals surface area (Å²) in [5, 5.41) is 3.50. The van der Waals surface area contributed by atoms with E-state index in [-0.39, 0.29) is 0 Å². The number of nitrogens with one attached hydrogen (secondary N) is 1. The van der Waals surface area contributed by atoms with Crippen LogP contribution < -0.4 is 5.32 Å². The van der Waals surface area contributed by atoms with Crippen LogP contribution in [-0.2, 0) is 0 Å². The van der Waals surface area contributed by atoms with Gasteiger partial charge in [0.25, 0.3) is 0 Å². The van der Waals surface area contributed by atoms with E-state index in [1.165, 1.54) is 0 Å². The third kappa shape index (κ3) is 8.55. The second kappa shape index (κ2) is 8.86. The smallest absolute Gasteiger partial charge is 0.0188 e. The predicted octanol–water partition coefficient (Wildman–Crippen LogP) is 0.408. The van der Waals surface area contributed by atoms with Crippen molar-refractivity contribution in [1.82, 2.24) is 20.0 Å². The molecule has 4 nitrogen and oxygen atoms in total. The molecular formula is C13H32N4. The van der Waals surface area contributed by atoms with E-state index >= 15 is 0 Å². The van der Waals surface area contributed by atoms with Gasteiger partial charge in [-0.1, -0.05) is 0 Å². The fourth-order valence-corrected chi connectivity index (χ4v) is 1.47. The molecule has 0 aliphatic heterocycles. The molecule has 0 saturated carbocycles. The highest BCUT2D eigenvalue weighted by molar-refractivity contribution is 4.67. The molecule has 0 amide bonds. The van der Waals surface area contributed by atoms with Crippen LogP contribution in [0.5, 0.6) is 0 Å². The minimum absolute atomic E-state index is 0.598. The fourth-order valence-electron chi connectivity index (χ4n) is 1.47. The number of hydrogen-bond acceptors (Lipinski definition) is 4. The molecule has 0 radical (unpaired) electrons. The number of hydrogen-bond donors (Lipinski definition) is 1. The van der Waals surface area contributed by atoms with Crippen LogP contribution in [0.2, 0.25) is 0 Å². The van der Waals surface area contributed by atoms with Gasteiger partial charge in [0, 0.05) is 38.3 Å². The Morgan fingerprint density at radius 1 is 0.882 bits per heavy atom. The first kappa shape index (κ1) is 16.8. The van der Waals surface area contributed by atoms with E-state index in [0.29, 0.717) is 12.1 Å². The van der Waals surface area contributed by atoms with Crippen LogP contribution >= 0.6 is 0 Å². The highest BCUT2D eigenvalue weighted by Gasteiger charge is 2.08. The van der Waals surface area contributed by atoms with Gasteiger partial charge in [-0.25, -0.2) is 0 Å². The Balaban J connectivity index is 3.55. The van der Waals surface area contributed by atoms with Crippen LogP contribution in [0, 0.1) is 0 Å². The summed E-state index contributed by atoms with van der Waals surface area (Å²) in [7, 11) is 10.7. The summed E-state index contributed by atoms with van der Waals surface area (Å²) in [6.07, 6.45) is 0. The van der Waals surface area contributed by atoms with Crippen molar-refractivity contribution in [2.24, 2.45) is 0 Å². The fraction of sp³-hybridized carbons (Fsp3) is 1.00. The van der Waals surface area contributed by atoms with Crippen LogP contribution in [-0.4, -0.2) is 88.2 Å². The molecule has 104 valence electrons. The van der Waals surface area contributed by atoms with E-state index in [1.807, 2.05) is 0 Å². The van der Waals surface area contributed by atoms with Gasteiger partial charge < -0.3 is 20.0 Å². The van der Waals surface area contributed by atoms with Gasteiger partial charge in [0.15, 0.2) is 0 Å². The number of rotatable bonds is 9. The van der Waals surface area contributed by atoms with Gasteiger partial charge in [-0.15, -0.1) is 0 Å². The van der Waals surface area contributed by atoms with Gasteiger partial charge in [-0.2, -0.15) is 0 Å². The zero-order chi connectivity index (χ0) is 13.4. The van der Waals surface area contributed by atoms with Crippen LogP contribution in [0.15, 0.2) is 0 Å². The maximum absolute atomic E-state index is 3.50. The van der Waals surface area contributed by atoms with E-state index < -0.39 is 0 Å². The summed E-state index contributed by atoms with van der Waals surface area (Å²) in [5.74, 6) is 0. The SMILES string of the molecule is CC(CNCCN(C)CC(C)N(C)C)N(C)C. The molecule has 0 aliphatic carbocycles. The Hall–Kier alpha value is -0.160. The van der Waals surface area contributed by atoms with Crippen molar-refractivity contribution < 1.29 is 0 Å². The topological polar surface area (TPSA) is 21.8 Å². The summed E-state index contributed by atoms with van der Waals surface area (Å²) < 4.78 is 0. The summed E-state index contributed by atoms with van der Waals surface area (Å²) in [6.45, 7) is 8.86. The average Bonchev–Trinajstić information content (AvgIpc) is 2.23. The molecule has 0 aromatic heterocycles. The van der Waals surface area contributed by atoms with Gasteiger partial charge >= 0.3 is 0 Å². The molecule has 0 aromatic rings. The highest BCUT2D eigenvalue weighted by atomic mass is 15.2. The van der Waals surface area contributed by atoms with Crippen molar-refractivity contribution in [3.63, 3.8) is 0 Å². The van der Waals surface area contributed by atoms with E-state index in [4.69, 9.17) is 0 Å². The molecule has 1 N–H and O–H groups in total. The Labute approximate surface area is 108 Å². The quantitative estimate of drug-likeness (QED) is 0.593. The van der Waals surface area contributed by atoms with Crippen molar-refractivity contribution in [3.05, 3.63) is 0 Å². The average molecular weight is 244 g/mol. The third-order valence-corrected chi connectivity index (χ3v) is 3.45. The van der Waals surface area contributed by atoms with Gasteiger partial charge in [0.2, 0.25) is 0 Å². The molecule has 0 fully saturated rings. The largest absolute Gasteiger partial charge is 0.314 e. The van der Waals surface area contributed by atoms with Gasteiger partial charge in [0.1, 0.15) is 0 Å². The molecule has 17 heavy (non-hydrogen) atoms. The van der Waals surface area contributed by atoms with E-state index in [1.54, 1.807) is 0 Å². The van der Waals surface area contributed by atoms with Crippen molar-refractivity contribution >= 4 is 0 Å². The van der Waals surface area contributed by atoms with Crippen LogP contribution in [0.1, 0.15) is 13.8 Å². The van der Waals surface area contributed by atoms with Crippen molar-refractivity contribution in [2.45, 2.75) is 25.9 Å². The molecular weight excluding hydrogens is 212 g/mol. The highest BCUT2D eigenvalue weighted by Crippen LogP contribution is 1.94. The molecule has 0 heterocycles. The van der Waals surface area contributed by atoms with Crippen molar-refractivity contribution in [1.29, 1.82) is 0 Å². The first-order chi connectivity index (χ1) is 7.84. The van der Waals surface area contributed by atoms with Crippen molar-refractivity contribution in [2.75, 3.05) is 61.4 Å². The zero-order valence-corrected chi connectivity index (χ0v) is 12.8. The maximum Gasteiger partial charge on any atom is 0.0188 e. The molecule has 2 atom stereocenters. The van der Waals surface area contributed by atoms with Crippen molar-refractivity contribution in [3.8, 4) is 0 Å². The Bertz CT molecular complexity index is 182. The van der Waals surface area contributed by atoms with Crippen LogP contribution in [0.25, 0.3) is 0 Å².